The van der Waals surface area contributed by atoms with Crippen LogP contribution in [0.2, 0.25) is 0 Å². The van der Waals surface area contributed by atoms with Gasteiger partial charge in [0.05, 0.1) is 6.10 Å². The Morgan fingerprint density at radius 2 is 2.28 bits per heavy atom. The van der Waals surface area contributed by atoms with Crippen molar-refractivity contribution in [1.82, 2.24) is 0 Å². The normalized spacial score (nSPS) is 27.4. The Bertz CT molecular complexity index is 410. The number of hydrogen-bond donors (Lipinski definition) is 1. The molecule has 1 aromatic carbocycles. The number of halogens is 1. The molecule has 1 aromatic rings. The maximum absolute atomic E-state index is 13.2. The highest BCUT2D eigenvalue weighted by atomic mass is 19.1. The van der Waals surface area contributed by atoms with E-state index in [2.05, 4.69) is 0 Å². The molecule has 3 unspecified atom stereocenters. The largest absolute Gasteiger partial charge is 0.505 e. The predicted octanol–water partition coefficient (Wildman–Crippen LogP) is 2.45. The first-order valence-corrected chi connectivity index (χ1v) is 6.02. The Morgan fingerprint density at radius 1 is 1.50 bits per heavy atom. The highest BCUT2D eigenvalue weighted by molar-refractivity contribution is 5.32. The molecule has 0 saturated carbocycles. The van der Waals surface area contributed by atoms with E-state index in [-0.39, 0.29) is 12.2 Å². The number of hydrogen-bond acceptors (Lipinski definition) is 4. The quantitative estimate of drug-likeness (QED) is 0.899. The molecule has 1 saturated heterocycles. The van der Waals surface area contributed by atoms with Gasteiger partial charge in [0.1, 0.15) is 11.9 Å². The highest BCUT2D eigenvalue weighted by Gasteiger charge is 2.35. The van der Waals surface area contributed by atoms with E-state index >= 15 is 0 Å². The van der Waals surface area contributed by atoms with E-state index in [1.165, 1.54) is 12.1 Å². The van der Waals surface area contributed by atoms with Crippen LogP contribution in [-0.2, 0) is 9.47 Å². The van der Waals surface area contributed by atoms with E-state index in [0.717, 1.165) is 12.5 Å². The third-order valence-corrected chi connectivity index (χ3v) is 2.79. The van der Waals surface area contributed by atoms with Crippen molar-refractivity contribution in [1.29, 1.82) is 0 Å². The smallest absolute Gasteiger partial charge is 0.226 e. The van der Waals surface area contributed by atoms with Crippen LogP contribution >= 0.6 is 0 Å². The predicted molar refractivity (Wildman–Crippen MR) is 63.1 cm³/mol. The molecule has 4 nitrogen and oxygen atoms in total. The minimum atomic E-state index is -0.716. The maximum atomic E-state index is 13.2. The van der Waals surface area contributed by atoms with E-state index in [9.17, 15) is 4.39 Å². The van der Waals surface area contributed by atoms with Gasteiger partial charge in [0, 0.05) is 19.1 Å². The molecule has 5 heteroatoms. The molecular weight excluding hydrogens is 239 g/mol. The molecule has 0 radical (unpaired) electrons. The number of benzene rings is 1. The van der Waals surface area contributed by atoms with Gasteiger partial charge in [-0.15, -0.1) is 0 Å². The van der Waals surface area contributed by atoms with Crippen molar-refractivity contribution in [3.63, 3.8) is 0 Å². The summed E-state index contributed by atoms with van der Waals surface area (Å²) in [4.78, 5) is 0. The second-order valence-electron chi connectivity index (χ2n) is 4.28. The van der Waals surface area contributed by atoms with E-state index in [1.54, 1.807) is 0 Å². The topological polar surface area (TPSA) is 47.9 Å². The van der Waals surface area contributed by atoms with Crippen LogP contribution in [0.1, 0.15) is 20.3 Å². The molecule has 2 rings (SSSR count). The summed E-state index contributed by atoms with van der Waals surface area (Å²) in [6.45, 7) is 4.41. The molecule has 0 aromatic heterocycles. The Kier molecular flexibility index (Phi) is 4.04. The van der Waals surface area contributed by atoms with E-state index < -0.39 is 17.9 Å². The van der Waals surface area contributed by atoms with Crippen molar-refractivity contribution < 1.29 is 23.7 Å². The van der Waals surface area contributed by atoms with Crippen LogP contribution in [0.5, 0.6) is 11.5 Å². The molecule has 18 heavy (non-hydrogen) atoms. The average Bonchev–Trinajstić information content (AvgIpc) is 2.65. The van der Waals surface area contributed by atoms with Crippen LogP contribution < -0.4 is 4.74 Å². The molecule has 0 spiro atoms. The van der Waals surface area contributed by atoms with Gasteiger partial charge < -0.3 is 19.3 Å². The first-order valence-electron chi connectivity index (χ1n) is 6.02. The molecule has 1 aliphatic rings. The third kappa shape index (κ3) is 2.91. The lowest BCUT2D eigenvalue weighted by atomic mass is 10.2. The molecule has 1 fully saturated rings. The summed E-state index contributed by atoms with van der Waals surface area (Å²) in [6.07, 6.45) is 0.110. The van der Waals surface area contributed by atoms with Gasteiger partial charge >= 0.3 is 0 Å². The Balaban J connectivity index is 2.05. The summed E-state index contributed by atoms with van der Waals surface area (Å²) < 4.78 is 29.8. The van der Waals surface area contributed by atoms with Crippen LogP contribution in [0.3, 0.4) is 0 Å². The molecule has 0 bridgehead atoms. The average molecular weight is 256 g/mol. The molecule has 3 atom stereocenters. The minimum Gasteiger partial charge on any atom is -0.505 e. The van der Waals surface area contributed by atoms with Crippen LogP contribution in [0.15, 0.2) is 18.2 Å². The second kappa shape index (κ2) is 5.54. The third-order valence-electron chi connectivity index (χ3n) is 2.79. The number of phenols is 1. The summed E-state index contributed by atoms with van der Waals surface area (Å²) >= 11 is 0. The van der Waals surface area contributed by atoms with Crippen LogP contribution in [0.25, 0.3) is 0 Å². The number of phenolic OH excluding ortho intramolecular Hbond substituents is 1. The van der Waals surface area contributed by atoms with E-state index in [0.29, 0.717) is 12.4 Å². The fourth-order valence-corrected chi connectivity index (χ4v) is 1.97. The van der Waals surface area contributed by atoms with Crippen molar-refractivity contribution >= 4 is 0 Å². The van der Waals surface area contributed by atoms with Gasteiger partial charge in [-0.05, 0) is 26.0 Å². The van der Waals surface area contributed by atoms with Crippen LogP contribution in [-0.4, -0.2) is 30.2 Å². The van der Waals surface area contributed by atoms with Crippen LogP contribution in [0, 0.1) is 5.82 Å². The van der Waals surface area contributed by atoms with Crippen LogP contribution in [0.4, 0.5) is 4.39 Å². The van der Waals surface area contributed by atoms with Gasteiger partial charge in [-0.1, -0.05) is 0 Å². The molecular formula is C13H17FO4. The second-order valence-corrected chi connectivity index (χ2v) is 4.28. The van der Waals surface area contributed by atoms with E-state index in [1.807, 2.05) is 13.8 Å². The van der Waals surface area contributed by atoms with Gasteiger partial charge in [-0.25, -0.2) is 4.39 Å². The first kappa shape index (κ1) is 13.1. The molecule has 1 heterocycles. The minimum absolute atomic E-state index is 0.0495. The zero-order chi connectivity index (χ0) is 13.1. The molecule has 0 aliphatic carbocycles. The fourth-order valence-electron chi connectivity index (χ4n) is 1.97. The van der Waals surface area contributed by atoms with E-state index in [4.69, 9.17) is 19.3 Å². The van der Waals surface area contributed by atoms with Crippen molar-refractivity contribution in [3.8, 4) is 11.5 Å². The highest BCUT2D eigenvalue weighted by Crippen LogP contribution is 2.28. The zero-order valence-corrected chi connectivity index (χ0v) is 10.4. The summed E-state index contributed by atoms with van der Waals surface area (Å²) in [5.41, 5.74) is 0. The lowest BCUT2D eigenvalue weighted by molar-refractivity contribution is -0.121. The van der Waals surface area contributed by atoms with Crippen molar-refractivity contribution in [3.05, 3.63) is 24.0 Å². The van der Waals surface area contributed by atoms with Gasteiger partial charge in [-0.2, -0.15) is 0 Å². The summed E-state index contributed by atoms with van der Waals surface area (Å²) in [6, 6.07) is 3.87. The lowest BCUT2D eigenvalue weighted by Gasteiger charge is -2.19. The summed E-state index contributed by atoms with van der Waals surface area (Å²) in [5, 5.41) is 9.10. The fraction of sp³-hybridized carbons (Fsp3) is 0.538. The Hall–Kier alpha value is -1.33. The zero-order valence-electron chi connectivity index (χ0n) is 10.4. The van der Waals surface area contributed by atoms with Crippen molar-refractivity contribution in [2.75, 3.05) is 6.61 Å². The monoisotopic (exact) mass is 256 g/mol. The van der Waals surface area contributed by atoms with Gasteiger partial charge in [0.25, 0.3) is 0 Å². The van der Waals surface area contributed by atoms with Crippen molar-refractivity contribution in [2.45, 2.75) is 38.8 Å². The first-order chi connectivity index (χ1) is 8.60. The summed E-state index contributed by atoms with van der Waals surface area (Å²) in [7, 11) is 0. The van der Waals surface area contributed by atoms with Crippen molar-refractivity contribution in [2.24, 2.45) is 0 Å². The molecule has 100 valence electrons. The standard InChI is InChI=1S/C13H17FO4/c1-3-16-12-6-8(2)17-13(12)18-9-4-5-11(15)10(14)7-9/h4-5,7-8,12-13,15H,3,6H2,1-2H3. The lowest BCUT2D eigenvalue weighted by Crippen LogP contribution is -2.30. The Labute approximate surface area is 105 Å². The Morgan fingerprint density at radius 3 is 2.94 bits per heavy atom. The molecule has 1 aliphatic heterocycles. The molecule has 1 N–H and O–H groups in total. The SMILES string of the molecule is CCOC1CC(C)OC1Oc1ccc(O)c(F)c1. The molecule has 0 amide bonds. The van der Waals surface area contributed by atoms with Gasteiger partial charge in [0.15, 0.2) is 11.6 Å². The summed E-state index contributed by atoms with van der Waals surface area (Å²) in [5.74, 6) is -0.801. The number of aromatic hydroxyl groups is 1. The number of ether oxygens (including phenoxy) is 3. The number of rotatable bonds is 4. The van der Waals surface area contributed by atoms with Gasteiger partial charge in [0.2, 0.25) is 6.29 Å². The van der Waals surface area contributed by atoms with Gasteiger partial charge in [-0.3, -0.25) is 0 Å². The maximum Gasteiger partial charge on any atom is 0.226 e.